The molecule has 0 bridgehead atoms. The molecule has 3 heterocycles. The van der Waals surface area contributed by atoms with Crippen LogP contribution in [0.2, 0.25) is 0 Å². The highest BCUT2D eigenvalue weighted by Gasteiger charge is 2.21. The third kappa shape index (κ3) is 2.69. The number of methoxy groups -OCH3 is 1. The van der Waals surface area contributed by atoms with Crippen LogP contribution in [0.25, 0.3) is 5.69 Å². The van der Waals surface area contributed by atoms with Crippen molar-refractivity contribution in [2.45, 2.75) is 26.4 Å². The Hall–Kier alpha value is -2.60. The number of aryl methyl sites for hydroxylation is 1. The number of para-hydroxylation sites is 2. The third-order valence-corrected chi connectivity index (χ3v) is 4.45. The maximum absolute atomic E-state index is 5.48. The Morgan fingerprint density at radius 2 is 2.12 bits per heavy atom. The number of nitrogens with zero attached hydrogens (tertiary/aromatic N) is 4. The zero-order chi connectivity index (χ0) is 16.5. The summed E-state index contributed by atoms with van der Waals surface area (Å²) in [5.41, 5.74) is 4.57. The Labute approximate surface area is 141 Å². The van der Waals surface area contributed by atoms with Crippen LogP contribution in [0.5, 0.6) is 5.75 Å². The maximum Gasteiger partial charge on any atom is 0.144 e. The first-order valence-electron chi connectivity index (χ1n) is 8.17. The zero-order valence-electron chi connectivity index (χ0n) is 14.0. The van der Waals surface area contributed by atoms with E-state index in [2.05, 4.69) is 26.0 Å². The van der Waals surface area contributed by atoms with Crippen molar-refractivity contribution >= 4 is 0 Å². The van der Waals surface area contributed by atoms with Gasteiger partial charge in [0, 0.05) is 32.3 Å². The lowest BCUT2D eigenvalue weighted by Crippen LogP contribution is -2.31. The molecule has 0 amide bonds. The predicted octanol–water partition coefficient (Wildman–Crippen LogP) is 2.47. The Bertz CT molecular complexity index is 851. The molecule has 0 atom stereocenters. The van der Waals surface area contributed by atoms with Gasteiger partial charge in [0.15, 0.2) is 0 Å². The number of rotatable bonds is 4. The van der Waals surface area contributed by atoms with Crippen molar-refractivity contribution in [1.82, 2.24) is 24.6 Å². The number of aromatic nitrogens is 4. The van der Waals surface area contributed by atoms with Gasteiger partial charge in [0.2, 0.25) is 0 Å². The molecule has 6 heteroatoms. The van der Waals surface area contributed by atoms with Gasteiger partial charge in [-0.15, -0.1) is 0 Å². The molecule has 2 aromatic heterocycles. The van der Waals surface area contributed by atoms with E-state index in [1.807, 2.05) is 42.1 Å². The summed E-state index contributed by atoms with van der Waals surface area (Å²) in [7, 11) is 1.69. The fourth-order valence-corrected chi connectivity index (χ4v) is 3.33. The van der Waals surface area contributed by atoms with E-state index in [4.69, 9.17) is 4.74 Å². The SMILES string of the molecule is COc1ccccc1-n1nccc1CN1CCc2nc(C)[nH]c2C1. The highest BCUT2D eigenvalue weighted by molar-refractivity contribution is 5.46. The molecule has 3 aromatic rings. The van der Waals surface area contributed by atoms with Crippen LogP contribution in [0.4, 0.5) is 0 Å². The van der Waals surface area contributed by atoms with Crippen LogP contribution >= 0.6 is 0 Å². The summed E-state index contributed by atoms with van der Waals surface area (Å²) < 4.78 is 7.44. The van der Waals surface area contributed by atoms with Gasteiger partial charge < -0.3 is 9.72 Å². The Balaban J connectivity index is 1.58. The Morgan fingerprint density at radius 3 is 3.00 bits per heavy atom. The smallest absolute Gasteiger partial charge is 0.144 e. The number of hydrogen-bond acceptors (Lipinski definition) is 4. The quantitative estimate of drug-likeness (QED) is 0.801. The minimum absolute atomic E-state index is 0.826. The first-order valence-corrected chi connectivity index (χ1v) is 8.17. The molecule has 0 unspecified atom stereocenters. The van der Waals surface area contributed by atoms with E-state index < -0.39 is 0 Å². The van der Waals surface area contributed by atoms with Gasteiger partial charge in [0.05, 0.1) is 24.2 Å². The summed E-state index contributed by atoms with van der Waals surface area (Å²) in [6.45, 7) is 4.76. The monoisotopic (exact) mass is 323 g/mol. The molecular formula is C18H21N5O. The topological polar surface area (TPSA) is 59.0 Å². The summed E-state index contributed by atoms with van der Waals surface area (Å²) in [5.74, 6) is 1.83. The number of hydrogen-bond donors (Lipinski definition) is 1. The molecule has 124 valence electrons. The molecule has 6 nitrogen and oxygen atoms in total. The molecule has 24 heavy (non-hydrogen) atoms. The number of H-pyrrole nitrogens is 1. The van der Waals surface area contributed by atoms with E-state index in [9.17, 15) is 0 Å². The second kappa shape index (κ2) is 6.13. The molecule has 4 rings (SSSR count). The lowest BCUT2D eigenvalue weighted by Gasteiger charge is -2.26. The number of ether oxygens (including phenoxy) is 1. The van der Waals surface area contributed by atoms with Gasteiger partial charge in [0.1, 0.15) is 17.3 Å². The first-order chi connectivity index (χ1) is 11.7. The second-order valence-corrected chi connectivity index (χ2v) is 6.11. The highest BCUT2D eigenvalue weighted by Crippen LogP contribution is 2.24. The summed E-state index contributed by atoms with van der Waals surface area (Å²) in [4.78, 5) is 10.3. The van der Waals surface area contributed by atoms with Gasteiger partial charge >= 0.3 is 0 Å². The standard InChI is InChI=1S/C18H21N5O/c1-13-20-15-8-10-22(12-16(15)21-13)11-14-7-9-19-23(14)17-5-3-4-6-18(17)24-2/h3-7,9H,8,10-12H2,1-2H3,(H,20,21). The van der Waals surface area contributed by atoms with Crippen molar-refractivity contribution in [3.05, 3.63) is 59.4 Å². The molecule has 0 saturated carbocycles. The lowest BCUT2D eigenvalue weighted by molar-refractivity contribution is 0.236. The number of aromatic amines is 1. The van der Waals surface area contributed by atoms with E-state index in [1.54, 1.807) is 7.11 Å². The molecule has 0 radical (unpaired) electrons. The van der Waals surface area contributed by atoms with Crippen molar-refractivity contribution < 1.29 is 4.74 Å². The van der Waals surface area contributed by atoms with Gasteiger partial charge in [-0.05, 0) is 25.1 Å². The molecule has 1 aliphatic rings. The summed E-state index contributed by atoms with van der Waals surface area (Å²) >= 11 is 0. The van der Waals surface area contributed by atoms with Crippen LogP contribution in [0.3, 0.4) is 0 Å². The van der Waals surface area contributed by atoms with Gasteiger partial charge in [-0.25, -0.2) is 9.67 Å². The maximum atomic E-state index is 5.48. The predicted molar refractivity (Wildman–Crippen MR) is 91.3 cm³/mol. The van der Waals surface area contributed by atoms with E-state index in [0.29, 0.717) is 0 Å². The molecule has 1 aliphatic heterocycles. The van der Waals surface area contributed by atoms with Crippen LogP contribution in [-0.2, 0) is 19.5 Å². The number of nitrogens with one attached hydrogen (secondary N) is 1. The zero-order valence-corrected chi connectivity index (χ0v) is 14.0. The molecule has 0 aliphatic carbocycles. The molecule has 1 aromatic carbocycles. The normalized spacial score (nSPS) is 14.6. The molecule has 0 fully saturated rings. The van der Waals surface area contributed by atoms with Crippen molar-refractivity contribution in [2.75, 3.05) is 13.7 Å². The van der Waals surface area contributed by atoms with Crippen molar-refractivity contribution in [1.29, 1.82) is 0 Å². The first kappa shape index (κ1) is 15.0. The van der Waals surface area contributed by atoms with Gasteiger partial charge in [-0.1, -0.05) is 12.1 Å². The van der Waals surface area contributed by atoms with Gasteiger partial charge in [-0.3, -0.25) is 4.90 Å². The fourth-order valence-electron chi connectivity index (χ4n) is 3.33. The van der Waals surface area contributed by atoms with E-state index in [1.165, 1.54) is 11.4 Å². The summed E-state index contributed by atoms with van der Waals surface area (Å²) in [6, 6.07) is 10.0. The average Bonchev–Trinajstić information content (AvgIpc) is 3.19. The van der Waals surface area contributed by atoms with Crippen LogP contribution < -0.4 is 4.74 Å². The number of imidazole rings is 1. The summed E-state index contributed by atoms with van der Waals surface area (Å²) in [6.07, 6.45) is 2.83. The van der Waals surface area contributed by atoms with Gasteiger partial charge in [0.25, 0.3) is 0 Å². The Kier molecular flexibility index (Phi) is 3.82. The molecule has 0 spiro atoms. The molecule has 0 saturated heterocycles. The van der Waals surface area contributed by atoms with E-state index >= 15 is 0 Å². The van der Waals surface area contributed by atoms with Crippen molar-refractivity contribution in [2.24, 2.45) is 0 Å². The molecule has 1 N–H and O–H groups in total. The molecular weight excluding hydrogens is 302 g/mol. The third-order valence-electron chi connectivity index (χ3n) is 4.45. The minimum Gasteiger partial charge on any atom is -0.494 e. The minimum atomic E-state index is 0.826. The van der Waals surface area contributed by atoms with Crippen molar-refractivity contribution in [3.63, 3.8) is 0 Å². The van der Waals surface area contributed by atoms with Gasteiger partial charge in [-0.2, -0.15) is 5.10 Å². The van der Waals surface area contributed by atoms with Crippen molar-refractivity contribution in [3.8, 4) is 11.4 Å². The number of fused-ring (bicyclic) bond motifs is 1. The van der Waals surface area contributed by atoms with Crippen LogP contribution in [0.15, 0.2) is 36.5 Å². The summed E-state index contributed by atoms with van der Waals surface area (Å²) in [5, 5.41) is 4.50. The van der Waals surface area contributed by atoms with Crippen LogP contribution in [-0.4, -0.2) is 38.3 Å². The van der Waals surface area contributed by atoms with Crippen LogP contribution in [0.1, 0.15) is 22.9 Å². The van der Waals surface area contributed by atoms with Crippen LogP contribution in [0, 0.1) is 6.92 Å². The Morgan fingerprint density at radius 1 is 1.25 bits per heavy atom. The average molecular weight is 323 g/mol. The fraction of sp³-hybridized carbons (Fsp3) is 0.333. The second-order valence-electron chi connectivity index (χ2n) is 6.11. The number of benzene rings is 1. The van der Waals surface area contributed by atoms with E-state index in [-0.39, 0.29) is 0 Å². The van der Waals surface area contributed by atoms with E-state index in [0.717, 1.165) is 49.0 Å². The lowest BCUT2D eigenvalue weighted by atomic mass is 10.1. The largest absolute Gasteiger partial charge is 0.494 e. The highest BCUT2D eigenvalue weighted by atomic mass is 16.5.